The number of hydrogen-bond acceptors (Lipinski definition) is 6. The van der Waals surface area contributed by atoms with Crippen LogP contribution >= 0.6 is 0 Å². The van der Waals surface area contributed by atoms with Gasteiger partial charge < -0.3 is 19.7 Å². The van der Waals surface area contributed by atoms with Crippen molar-refractivity contribution in [1.29, 1.82) is 0 Å². The standard InChI is InChI=1S/C30H34O7/c1-13-5-6-17-18(25(31)32)7-8-19-24(20(13)17)37-27(34)30(19)12-15-11-28(30,3)22-21(15)29(4,35)10-9-16-14(2)26(33)36-23(16)22/h5,15-16,19-20,23-24,35H,2,6-12H2,1,3-4H3,(H,31,32)/t15-,16-,19+,20-,23-,24-,28+,29-,30-/m0/s1. The molecule has 0 aromatic carbocycles. The number of carboxylic acids is 1. The van der Waals surface area contributed by atoms with Crippen LogP contribution < -0.4 is 0 Å². The molecule has 2 N–H and O–H groups in total. The van der Waals surface area contributed by atoms with Gasteiger partial charge in [-0.25, -0.2) is 9.59 Å². The molecular formula is C30H34O7. The lowest BCUT2D eigenvalue weighted by Crippen LogP contribution is -2.50. The predicted octanol–water partition coefficient (Wildman–Crippen LogP) is 4.02. The normalized spacial score (nSPS) is 47.8. The SMILES string of the molecule is C=C1C(=O)O[C@@H]2C3=C([C@H]4C[C@@]3(C)[C@]3(C4)C(=O)O[C@@H]4[C@H]5C(C)=CCC5=C(C(=O)O)CC[C@H]43)[C@@](C)(O)CC[C@@H]12. The second-order valence-corrected chi connectivity index (χ2v) is 13.0. The zero-order chi connectivity index (χ0) is 26.2. The van der Waals surface area contributed by atoms with Gasteiger partial charge in [-0.15, -0.1) is 0 Å². The number of fused-ring (bicyclic) bond motifs is 11. The van der Waals surface area contributed by atoms with E-state index in [2.05, 4.69) is 19.6 Å². The van der Waals surface area contributed by atoms with Gasteiger partial charge in [0, 0.05) is 34.3 Å². The van der Waals surface area contributed by atoms with Crippen LogP contribution in [0.3, 0.4) is 0 Å². The minimum absolute atomic E-state index is 0.0116. The molecule has 0 unspecified atom stereocenters. The summed E-state index contributed by atoms with van der Waals surface area (Å²) in [4.78, 5) is 39.0. The van der Waals surface area contributed by atoms with Gasteiger partial charge in [0.25, 0.3) is 0 Å². The summed E-state index contributed by atoms with van der Waals surface area (Å²) < 4.78 is 12.3. The Hall–Kier alpha value is -2.67. The van der Waals surface area contributed by atoms with Crippen molar-refractivity contribution < 1.29 is 34.1 Å². The van der Waals surface area contributed by atoms with Crippen molar-refractivity contribution >= 4 is 17.9 Å². The van der Waals surface area contributed by atoms with Crippen LogP contribution in [0.2, 0.25) is 0 Å². The molecule has 0 aromatic rings. The van der Waals surface area contributed by atoms with E-state index < -0.39 is 40.6 Å². The van der Waals surface area contributed by atoms with Crippen LogP contribution in [0.25, 0.3) is 0 Å². The van der Waals surface area contributed by atoms with Crippen LogP contribution in [-0.4, -0.2) is 45.9 Å². The molecule has 0 aromatic heterocycles. The Morgan fingerprint density at radius 2 is 1.89 bits per heavy atom. The van der Waals surface area contributed by atoms with Gasteiger partial charge in [0.2, 0.25) is 0 Å². The number of rotatable bonds is 1. The zero-order valence-electron chi connectivity index (χ0n) is 21.6. The van der Waals surface area contributed by atoms with Gasteiger partial charge in [-0.3, -0.25) is 4.79 Å². The van der Waals surface area contributed by atoms with Crippen LogP contribution in [0.15, 0.2) is 46.1 Å². The fourth-order valence-electron chi connectivity index (χ4n) is 9.99. The van der Waals surface area contributed by atoms with Crippen LogP contribution in [-0.2, 0) is 23.9 Å². The van der Waals surface area contributed by atoms with Gasteiger partial charge in [0.1, 0.15) is 12.2 Å². The summed E-state index contributed by atoms with van der Waals surface area (Å²) in [5, 5.41) is 21.7. The van der Waals surface area contributed by atoms with Gasteiger partial charge in [-0.05, 0) is 81.4 Å². The zero-order valence-corrected chi connectivity index (χ0v) is 21.6. The highest BCUT2D eigenvalue weighted by Crippen LogP contribution is 2.76. The van der Waals surface area contributed by atoms with E-state index in [0.29, 0.717) is 56.1 Å². The lowest BCUT2D eigenvalue weighted by Gasteiger charge is -2.48. The Kier molecular flexibility index (Phi) is 4.46. The number of carbonyl (C=O) groups excluding carboxylic acids is 2. The number of ether oxygens (including phenoxy) is 2. The topological polar surface area (TPSA) is 110 Å². The number of aliphatic hydroxyl groups is 1. The van der Waals surface area contributed by atoms with Gasteiger partial charge in [-0.1, -0.05) is 25.2 Å². The second-order valence-electron chi connectivity index (χ2n) is 13.0. The molecule has 196 valence electrons. The third-order valence-corrected chi connectivity index (χ3v) is 11.4. The minimum Gasteiger partial charge on any atom is -0.478 e. The first kappa shape index (κ1) is 23.4. The maximum atomic E-state index is 14.1. The van der Waals surface area contributed by atoms with Crippen molar-refractivity contribution in [3.8, 4) is 0 Å². The molecule has 5 aliphatic carbocycles. The average Bonchev–Trinajstić information content (AvgIpc) is 3.52. The Bertz CT molecular complexity index is 1300. The molecule has 37 heavy (non-hydrogen) atoms. The molecule has 2 bridgehead atoms. The molecule has 9 atom stereocenters. The number of allylic oxidation sites excluding steroid dienone is 1. The second kappa shape index (κ2) is 7.04. The molecule has 7 rings (SSSR count). The highest BCUT2D eigenvalue weighted by molar-refractivity contribution is 5.92. The van der Waals surface area contributed by atoms with Crippen molar-refractivity contribution in [2.45, 2.75) is 83.5 Å². The van der Waals surface area contributed by atoms with Gasteiger partial charge >= 0.3 is 17.9 Å². The number of hydrogen-bond donors (Lipinski definition) is 2. The number of esters is 2. The number of carboxylic acid groups (broad SMARTS) is 1. The quantitative estimate of drug-likeness (QED) is 0.314. The molecule has 7 aliphatic rings. The molecule has 3 fully saturated rings. The average molecular weight is 507 g/mol. The van der Waals surface area contributed by atoms with Crippen molar-refractivity contribution in [3.05, 3.63) is 46.1 Å². The van der Waals surface area contributed by atoms with Crippen LogP contribution in [0.4, 0.5) is 0 Å². The van der Waals surface area contributed by atoms with E-state index in [4.69, 9.17) is 9.47 Å². The maximum Gasteiger partial charge on any atom is 0.334 e. The Morgan fingerprint density at radius 3 is 2.62 bits per heavy atom. The number of aliphatic carboxylic acids is 1. The fraction of sp³-hybridized carbons (Fsp3) is 0.633. The monoisotopic (exact) mass is 506 g/mol. The van der Waals surface area contributed by atoms with E-state index in [0.717, 1.165) is 22.3 Å². The van der Waals surface area contributed by atoms with Crippen molar-refractivity contribution in [3.63, 3.8) is 0 Å². The van der Waals surface area contributed by atoms with E-state index in [9.17, 15) is 24.6 Å². The molecule has 7 heteroatoms. The smallest absolute Gasteiger partial charge is 0.334 e. The molecule has 1 spiro atoms. The van der Waals surface area contributed by atoms with Crippen molar-refractivity contribution in [2.75, 3.05) is 0 Å². The first-order valence-electron chi connectivity index (χ1n) is 13.6. The summed E-state index contributed by atoms with van der Waals surface area (Å²) in [6.07, 6.45) is 5.10. The van der Waals surface area contributed by atoms with E-state index in [1.54, 1.807) is 0 Å². The lowest BCUT2D eigenvalue weighted by atomic mass is 9.53. The molecule has 0 radical (unpaired) electrons. The minimum atomic E-state index is -1.04. The summed E-state index contributed by atoms with van der Waals surface area (Å²) in [6.45, 7) is 10.0. The van der Waals surface area contributed by atoms with Crippen molar-refractivity contribution in [2.24, 2.45) is 34.5 Å². The summed E-state index contributed by atoms with van der Waals surface area (Å²) in [5.74, 6) is -2.07. The van der Waals surface area contributed by atoms with Gasteiger partial charge in [0.05, 0.1) is 11.0 Å². The summed E-state index contributed by atoms with van der Waals surface area (Å²) in [7, 11) is 0. The Morgan fingerprint density at radius 1 is 1.14 bits per heavy atom. The van der Waals surface area contributed by atoms with E-state index in [-0.39, 0.29) is 29.6 Å². The third kappa shape index (κ3) is 2.59. The van der Waals surface area contributed by atoms with Crippen LogP contribution in [0.1, 0.15) is 65.7 Å². The lowest BCUT2D eigenvalue weighted by molar-refractivity contribution is -0.154. The largest absolute Gasteiger partial charge is 0.478 e. The molecule has 2 heterocycles. The van der Waals surface area contributed by atoms with Gasteiger partial charge in [-0.2, -0.15) is 0 Å². The predicted molar refractivity (Wildman–Crippen MR) is 132 cm³/mol. The highest BCUT2D eigenvalue weighted by Gasteiger charge is 2.77. The number of carbonyl (C=O) groups is 3. The fourth-order valence-corrected chi connectivity index (χ4v) is 9.99. The van der Waals surface area contributed by atoms with Crippen LogP contribution in [0, 0.1) is 34.5 Å². The third-order valence-electron chi connectivity index (χ3n) is 11.4. The van der Waals surface area contributed by atoms with Gasteiger partial charge in [0.15, 0.2) is 0 Å². The summed E-state index contributed by atoms with van der Waals surface area (Å²) in [5.41, 5.74) is 2.18. The molecule has 1 saturated carbocycles. The maximum absolute atomic E-state index is 14.1. The summed E-state index contributed by atoms with van der Waals surface area (Å²) in [6, 6.07) is 0. The summed E-state index contributed by atoms with van der Waals surface area (Å²) >= 11 is 0. The molecular weight excluding hydrogens is 472 g/mol. The first-order chi connectivity index (χ1) is 17.4. The van der Waals surface area contributed by atoms with Crippen molar-refractivity contribution in [1.82, 2.24) is 0 Å². The molecule has 0 amide bonds. The molecule has 2 aliphatic heterocycles. The van der Waals surface area contributed by atoms with Crippen LogP contribution in [0.5, 0.6) is 0 Å². The van der Waals surface area contributed by atoms with E-state index in [1.165, 1.54) is 0 Å². The Labute approximate surface area is 216 Å². The van der Waals surface area contributed by atoms with E-state index >= 15 is 0 Å². The van der Waals surface area contributed by atoms with E-state index in [1.807, 2.05) is 13.8 Å². The first-order valence-corrected chi connectivity index (χ1v) is 13.6. The molecule has 2 saturated heterocycles. The molecule has 7 nitrogen and oxygen atoms in total. The highest BCUT2D eigenvalue weighted by atomic mass is 16.6. The Balaban J connectivity index is 1.39.